The first-order valence-corrected chi connectivity index (χ1v) is 5.70. The van der Waals surface area contributed by atoms with Crippen LogP contribution >= 0.6 is 0 Å². The second-order valence-electron chi connectivity index (χ2n) is 4.58. The maximum Gasteiger partial charge on any atom is 0.0468 e. The van der Waals surface area contributed by atoms with Crippen LogP contribution in [0.25, 0.3) is 0 Å². The number of aliphatic hydroxyl groups is 2. The molecular weight excluding hydrogens is 178 g/mol. The molecule has 0 bridgehead atoms. The lowest BCUT2D eigenvalue weighted by Gasteiger charge is -2.18. The number of aliphatic hydroxyl groups excluding tert-OH is 2. The van der Waals surface area contributed by atoms with Crippen molar-refractivity contribution in [2.45, 2.75) is 26.2 Å². The van der Waals surface area contributed by atoms with Crippen molar-refractivity contribution in [2.24, 2.45) is 17.8 Å². The Balaban J connectivity index is 2.11. The van der Waals surface area contributed by atoms with Gasteiger partial charge in [0.2, 0.25) is 0 Å². The van der Waals surface area contributed by atoms with Crippen LogP contribution in [0.5, 0.6) is 0 Å². The van der Waals surface area contributed by atoms with Crippen LogP contribution in [0.2, 0.25) is 0 Å². The number of hydrogen-bond acceptors (Lipinski definition) is 3. The quantitative estimate of drug-likeness (QED) is 0.590. The Bertz CT molecular complexity index is 152. The van der Waals surface area contributed by atoms with Gasteiger partial charge in [0.05, 0.1) is 0 Å². The molecule has 0 aromatic carbocycles. The molecule has 0 heterocycles. The van der Waals surface area contributed by atoms with Crippen molar-refractivity contribution in [2.75, 3.05) is 26.3 Å². The van der Waals surface area contributed by atoms with Crippen LogP contribution < -0.4 is 5.32 Å². The Hall–Kier alpha value is -0.120. The molecule has 0 saturated heterocycles. The van der Waals surface area contributed by atoms with Gasteiger partial charge in [-0.05, 0) is 43.7 Å². The van der Waals surface area contributed by atoms with E-state index in [0.717, 1.165) is 13.1 Å². The fraction of sp³-hybridized carbons (Fsp3) is 1.00. The topological polar surface area (TPSA) is 52.5 Å². The third-order valence-electron chi connectivity index (χ3n) is 3.26. The molecule has 1 aliphatic carbocycles. The Morgan fingerprint density at radius 1 is 1.29 bits per heavy atom. The molecule has 0 aliphatic heterocycles. The summed E-state index contributed by atoms with van der Waals surface area (Å²) in [5.41, 5.74) is 0. The molecule has 3 N–H and O–H groups in total. The molecule has 1 rings (SSSR count). The van der Waals surface area contributed by atoms with Crippen molar-refractivity contribution < 1.29 is 10.2 Å². The van der Waals surface area contributed by atoms with E-state index in [1.165, 1.54) is 19.3 Å². The van der Waals surface area contributed by atoms with Crippen LogP contribution in [0.3, 0.4) is 0 Å². The van der Waals surface area contributed by atoms with E-state index in [-0.39, 0.29) is 6.61 Å². The summed E-state index contributed by atoms with van der Waals surface area (Å²) in [6, 6.07) is 0. The molecule has 0 amide bonds. The smallest absolute Gasteiger partial charge is 0.0468 e. The average molecular weight is 201 g/mol. The Kier molecular flexibility index (Phi) is 5.45. The van der Waals surface area contributed by atoms with E-state index in [0.29, 0.717) is 24.4 Å². The van der Waals surface area contributed by atoms with Gasteiger partial charge in [-0.3, -0.25) is 0 Å². The molecule has 1 saturated carbocycles. The fourth-order valence-electron chi connectivity index (χ4n) is 2.20. The highest BCUT2D eigenvalue weighted by molar-refractivity contribution is 4.78. The van der Waals surface area contributed by atoms with Crippen LogP contribution in [-0.4, -0.2) is 36.5 Å². The van der Waals surface area contributed by atoms with Crippen LogP contribution in [0.4, 0.5) is 0 Å². The van der Waals surface area contributed by atoms with Gasteiger partial charge in [-0.15, -0.1) is 0 Å². The lowest BCUT2D eigenvalue weighted by Crippen LogP contribution is -2.30. The largest absolute Gasteiger partial charge is 0.396 e. The normalized spacial score (nSPS) is 29.4. The molecule has 14 heavy (non-hydrogen) atoms. The van der Waals surface area contributed by atoms with E-state index in [1.54, 1.807) is 0 Å². The minimum atomic E-state index is 0.251. The molecule has 0 aromatic rings. The van der Waals surface area contributed by atoms with E-state index >= 15 is 0 Å². The fourth-order valence-corrected chi connectivity index (χ4v) is 2.20. The average Bonchev–Trinajstić information content (AvgIpc) is 2.65. The van der Waals surface area contributed by atoms with E-state index in [4.69, 9.17) is 10.2 Å². The first-order chi connectivity index (χ1) is 6.77. The van der Waals surface area contributed by atoms with Gasteiger partial charge in [-0.1, -0.05) is 13.3 Å². The van der Waals surface area contributed by atoms with E-state index < -0.39 is 0 Å². The van der Waals surface area contributed by atoms with Gasteiger partial charge < -0.3 is 15.5 Å². The van der Waals surface area contributed by atoms with E-state index in [9.17, 15) is 0 Å². The minimum absolute atomic E-state index is 0.251. The highest BCUT2D eigenvalue weighted by Crippen LogP contribution is 2.30. The summed E-state index contributed by atoms with van der Waals surface area (Å²) in [7, 11) is 0. The molecule has 3 atom stereocenters. The van der Waals surface area contributed by atoms with Gasteiger partial charge >= 0.3 is 0 Å². The predicted octanol–water partition coefficient (Wildman–Crippen LogP) is 0.613. The lowest BCUT2D eigenvalue weighted by molar-refractivity contribution is 0.188. The number of nitrogens with one attached hydrogen (secondary N) is 1. The Morgan fingerprint density at radius 3 is 2.64 bits per heavy atom. The van der Waals surface area contributed by atoms with Gasteiger partial charge in [0.1, 0.15) is 0 Å². The molecular formula is C11H23NO2. The predicted molar refractivity (Wildman–Crippen MR) is 57.0 cm³/mol. The summed E-state index contributed by atoms with van der Waals surface area (Å²) in [6.07, 6.45) is 3.68. The van der Waals surface area contributed by atoms with Crippen LogP contribution in [0.15, 0.2) is 0 Å². The third kappa shape index (κ3) is 3.56. The van der Waals surface area contributed by atoms with Crippen LogP contribution in [0.1, 0.15) is 26.2 Å². The first-order valence-electron chi connectivity index (χ1n) is 5.70. The number of rotatable bonds is 6. The molecule has 0 aromatic heterocycles. The summed E-state index contributed by atoms with van der Waals surface area (Å²) in [6.45, 7) is 4.49. The van der Waals surface area contributed by atoms with Crippen LogP contribution in [0, 0.1) is 17.8 Å². The first kappa shape index (κ1) is 12.0. The SMILES string of the molecule is CC(CO)CNCC1CCCC1CO. The summed E-state index contributed by atoms with van der Waals surface area (Å²) in [5, 5.41) is 21.3. The molecule has 1 aliphatic rings. The van der Waals surface area contributed by atoms with Gasteiger partial charge in [0, 0.05) is 13.2 Å². The second-order valence-corrected chi connectivity index (χ2v) is 4.58. The molecule has 3 unspecified atom stereocenters. The van der Waals surface area contributed by atoms with E-state index in [2.05, 4.69) is 5.32 Å². The van der Waals surface area contributed by atoms with Crippen molar-refractivity contribution in [3.8, 4) is 0 Å². The van der Waals surface area contributed by atoms with Gasteiger partial charge in [0.25, 0.3) is 0 Å². The molecule has 3 nitrogen and oxygen atoms in total. The molecule has 0 spiro atoms. The van der Waals surface area contributed by atoms with E-state index in [1.807, 2.05) is 6.92 Å². The Morgan fingerprint density at radius 2 is 2.00 bits per heavy atom. The molecule has 84 valence electrons. The molecule has 3 heteroatoms. The summed E-state index contributed by atoms with van der Waals surface area (Å²) in [5.74, 6) is 1.49. The monoisotopic (exact) mass is 201 g/mol. The zero-order chi connectivity index (χ0) is 10.4. The summed E-state index contributed by atoms with van der Waals surface area (Å²) >= 11 is 0. The summed E-state index contributed by atoms with van der Waals surface area (Å²) in [4.78, 5) is 0. The maximum atomic E-state index is 9.12. The third-order valence-corrected chi connectivity index (χ3v) is 3.26. The van der Waals surface area contributed by atoms with Crippen molar-refractivity contribution in [3.63, 3.8) is 0 Å². The van der Waals surface area contributed by atoms with Gasteiger partial charge in [0.15, 0.2) is 0 Å². The van der Waals surface area contributed by atoms with Crippen molar-refractivity contribution in [3.05, 3.63) is 0 Å². The highest BCUT2D eigenvalue weighted by Gasteiger charge is 2.25. The Labute approximate surface area is 86.5 Å². The summed E-state index contributed by atoms with van der Waals surface area (Å²) < 4.78 is 0. The number of hydrogen-bond donors (Lipinski definition) is 3. The van der Waals surface area contributed by atoms with Gasteiger partial charge in [-0.2, -0.15) is 0 Å². The van der Waals surface area contributed by atoms with Gasteiger partial charge in [-0.25, -0.2) is 0 Å². The maximum absolute atomic E-state index is 9.12. The van der Waals surface area contributed by atoms with Crippen molar-refractivity contribution >= 4 is 0 Å². The zero-order valence-electron chi connectivity index (χ0n) is 9.08. The zero-order valence-corrected chi connectivity index (χ0v) is 9.08. The lowest BCUT2D eigenvalue weighted by atomic mass is 9.97. The van der Waals surface area contributed by atoms with Crippen molar-refractivity contribution in [1.29, 1.82) is 0 Å². The standard InChI is InChI=1S/C11H23NO2/c1-9(7-13)5-12-6-10-3-2-4-11(10)8-14/h9-14H,2-8H2,1H3. The molecule has 0 radical (unpaired) electrons. The minimum Gasteiger partial charge on any atom is -0.396 e. The van der Waals surface area contributed by atoms with Crippen molar-refractivity contribution in [1.82, 2.24) is 5.32 Å². The highest BCUT2D eigenvalue weighted by atomic mass is 16.3. The molecule has 1 fully saturated rings. The van der Waals surface area contributed by atoms with Crippen LogP contribution in [-0.2, 0) is 0 Å². The second kappa shape index (κ2) is 6.38.